The lowest BCUT2D eigenvalue weighted by atomic mass is 10.0. The molecule has 108 valence electrons. The highest BCUT2D eigenvalue weighted by Crippen LogP contribution is 2.23. The second kappa shape index (κ2) is 5.92. The first-order valence-corrected chi connectivity index (χ1v) is 6.60. The first-order chi connectivity index (χ1) is 9.49. The maximum Gasteiger partial charge on any atom is 0.337 e. The zero-order valence-electron chi connectivity index (χ0n) is 11.7. The van der Waals surface area contributed by atoms with Crippen LogP contribution < -0.4 is 10.6 Å². The van der Waals surface area contributed by atoms with E-state index in [1.54, 1.807) is 17.9 Å². The molecule has 1 fully saturated rings. The Morgan fingerprint density at radius 1 is 1.25 bits per heavy atom. The minimum Gasteiger partial charge on any atom is -0.478 e. The minimum absolute atomic E-state index is 0.131. The van der Waals surface area contributed by atoms with Gasteiger partial charge in [0, 0.05) is 26.2 Å². The molecule has 0 aliphatic carbocycles. The fourth-order valence-electron chi connectivity index (χ4n) is 2.36. The summed E-state index contributed by atoms with van der Waals surface area (Å²) in [5.41, 5.74) is 2.13. The number of nitrogens with one attached hydrogen (secondary N) is 2. The van der Waals surface area contributed by atoms with Crippen LogP contribution in [-0.2, 0) is 0 Å². The number of urea groups is 1. The minimum atomic E-state index is -1.03. The van der Waals surface area contributed by atoms with Crippen molar-refractivity contribution in [1.82, 2.24) is 10.2 Å². The van der Waals surface area contributed by atoms with Crippen LogP contribution in [0.5, 0.6) is 0 Å². The van der Waals surface area contributed by atoms with Crippen molar-refractivity contribution >= 4 is 17.7 Å². The van der Waals surface area contributed by atoms with Crippen LogP contribution >= 0.6 is 0 Å². The highest BCUT2D eigenvalue weighted by Gasteiger charge is 2.20. The molecule has 2 rings (SSSR count). The van der Waals surface area contributed by atoms with Gasteiger partial charge in [0.25, 0.3) is 0 Å². The number of anilines is 1. The number of hydrogen-bond acceptors (Lipinski definition) is 3. The van der Waals surface area contributed by atoms with Gasteiger partial charge < -0.3 is 20.6 Å². The first kappa shape index (κ1) is 14.3. The van der Waals surface area contributed by atoms with Crippen molar-refractivity contribution in [1.29, 1.82) is 0 Å². The second-order valence-electron chi connectivity index (χ2n) is 4.98. The van der Waals surface area contributed by atoms with Crippen LogP contribution in [0, 0.1) is 13.8 Å². The Labute approximate surface area is 117 Å². The standard InChI is InChI=1S/C14H19N3O3/c1-9-7-10(2)12(11(8-9)13(18)19)16-14(20)17-5-3-15-4-6-17/h7-8,15H,3-6H2,1-2H3,(H,16,20)(H,18,19). The van der Waals surface area contributed by atoms with Crippen molar-refractivity contribution in [2.45, 2.75) is 13.8 Å². The van der Waals surface area contributed by atoms with Crippen molar-refractivity contribution in [3.8, 4) is 0 Å². The largest absolute Gasteiger partial charge is 0.478 e. The third-order valence-corrected chi connectivity index (χ3v) is 3.35. The van der Waals surface area contributed by atoms with Crippen molar-refractivity contribution in [3.05, 3.63) is 28.8 Å². The Hall–Kier alpha value is -2.08. The third kappa shape index (κ3) is 3.08. The van der Waals surface area contributed by atoms with Crippen molar-refractivity contribution in [2.24, 2.45) is 0 Å². The number of piperazine rings is 1. The van der Waals surface area contributed by atoms with E-state index < -0.39 is 5.97 Å². The first-order valence-electron chi connectivity index (χ1n) is 6.60. The lowest BCUT2D eigenvalue weighted by molar-refractivity contribution is 0.0698. The van der Waals surface area contributed by atoms with Crippen molar-refractivity contribution in [2.75, 3.05) is 31.5 Å². The third-order valence-electron chi connectivity index (χ3n) is 3.35. The predicted octanol–water partition coefficient (Wildman–Crippen LogP) is 1.44. The van der Waals surface area contributed by atoms with E-state index >= 15 is 0 Å². The van der Waals surface area contributed by atoms with E-state index in [4.69, 9.17) is 0 Å². The molecule has 1 heterocycles. The maximum absolute atomic E-state index is 12.2. The smallest absolute Gasteiger partial charge is 0.337 e. The topological polar surface area (TPSA) is 81.7 Å². The number of carbonyl (C=O) groups excluding carboxylic acids is 1. The molecule has 2 amide bonds. The molecule has 1 aliphatic heterocycles. The number of benzene rings is 1. The van der Waals surface area contributed by atoms with Crippen LogP contribution in [0.4, 0.5) is 10.5 Å². The van der Waals surface area contributed by atoms with Crippen molar-refractivity contribution < 1.29 is 14.7 Å². The average Bonchev–Trinajstić information content (AvgIpc) is 2.42. The monoisotopic (exact) mass is 277 g/mol. The van der Waals surface area contributed by atoms with Crippen LogP contribution in [0.15, 0.2) is 12.1 Å². The second-order valence-corrected chi connectivity index (χ2v) is 4.98. The number of amides is 2. The highest BCUT2D eigenvalue weighted by molar-refractivity contribution is 6.01. The maximum atomic E-state index is 12.2. The number of aryl methyl sites for hydroxylation is 2. The van der Waals surface area contributed by atoms with Crippen LogP contribution in [0.2, 0.25) is 0 Å². The molecule has 1 aromatic rings. The Kier molecular flexibility index (Phi) is 4.24. The number of nitrogens with zero attached hydrogens (tertiary/aromatic N) is 1. The van der Waals surface area contributed by atoms with Gasteiger partial charge in [-0.05, 0) is 31.0 Å². The molecule has 3 N–H and O–H groups in total. The number of rotatable bonds is 2. The van der Waals surface area contributed by atoms with Gasteiger partial charge in [-0.25, -0.2) is 9.59 Å². The summed E-state index contributed by atoms with van der Waals surface area (Å²) in [6.45, 7) is 6.39. The molecule has 0 bridgehead atoms. The van der Waals surface area contributed by atoms with Gasteiger partial charge in [0.15, 0.2) is 0 Å². The summed E-state index contributed by atoms with van der Waals surface area (Å²) in [5.74, 6) is -1.03. The Morgan fingerprint density at radius 2 is 1.90 bits per heavy atom. The van der Waals surface area contributed by atoms with Gasteiger partial charge in [-0.1, -0.05) is 6.07 Å². The van der Waals surface area contributed by atoms with Gasteiger partial charge in [0.1, 0.15) is 0 Å². The molecule has 6 nitrogen and oxygen atoms in total. The molecule has 0 unspecified atom stereocenters. The Bertz CT molecular complexity index is 537. The van der Waals surface area contributed by atoms with Crippen LogP contribution in [0.1, 0.15) is 21.5 Å². The summed E-state index contributed by atoms with van der Waals surface area (Å²) in [7, 11) is 0. The van der Waals surface area contributed by atoms with Crippen molar-refractivity contribution in [3.63, 3.8) is 0 Å². The molecule has 0 saturated carbocycles. The summed E-state index contributed by atoms with van der Waals surface area (Å²) < 4.78 is 0. The number of carboxylic acids is 1. The molecule has 1 aliphatic rings. The van der Waals surface area contributed by atoms with Gasteiger partial charge in [0.05, 0.1) is 11.3 Å². The lowest BCUT2D eigenvalue weighted by Gasteiger charge is -2.28. The van der Waals surface area contributed by atoms with Gasteiger partial charge in [-0.3, -0.25) is 0 Å². The molecule has 0 radical (unpaired) electrons. The van der Waals surface area contributed by atoms with Gasteiger partial charge in [0.2, 0.25) is 0 Å². The lowest BCUT2D eigenvalue weighted by Crippen LogP contribution is -2.48. The summed E-state index contributed by atoms with van der Waals surface area (Å²) >= 11 is 0. The number of carboxylic acid groups (broad SMARTS) is 1. The van der Waals surface area contributed by atoms with Crippen LogP contribution in [-0.4, -0.2) is 48.2 Å². The molecular formula is C14H19N3O3. The number of hydrogen-bond donors (Lipinski definition) is 3. The number of aromatic carboxylic acids is 1. The average molecular weight is 277 g/mol. The van der Waals surface area contributed by atoms with Gasteiger partial charge in [-0.15, -0.1) is 0 Å². The summed E-state index contributed by atoms with van der Waals surface area (Å²) in [4.78, 5) is 25.2. The van der Waals surface area contributed by atoms with E-state index in [0.29, 0.717) is 18.8 Å². The summed E-state index contributed by atoms with van der Waals surface area (Å²) in [6, 6.07) is 3.18. The Balaban J connectivity index is 2.23. The summed E-state index contributed by atoms with van der Waals surface area (Å²) in [5, 5.41) is 15.2. The summed E-state index contributed by atoms with van der Waals surface area (Å²) in [6.07, 6.45) is 0. The zero-order valence-corrected chi connectivity index (χ0v) is 11.7. The fraction of sp³-hybridized carbons (Fsp3) is 0.429. The number of carbonyl (C=O) groups is 2. The molecule has 0 aromatic heterocycles. The Morgan fingerprint density at radius 3 is 2.50 bits per heavy atom. The molecular weight excluding hydrogens is 258 g/mol. The fourth-order valence-corrected chi connectivity index (χ4v) is 2.36. The van der Waals surface area contributed by atoms with Gasteiger partial charge in [-0.2, -0.15) is 0 Å². The molecule has 0 spiro atoms. The highest BCUT2D eigenvalue weighted by atomic mass is 16.4. The predicted molar refractivity (Wildman–Crippen MR) is 76.3 cm³/mol. The molecule has 20 heavy (non-hydrogen) atoms. The molecule has 6 heteroatoms. The van der Waals surface area contributed by atoms with E-state index in [1.165, 1.54) is 0 Å². The van der Waals surface area contributed by atoms with E-state index in [2.05, 4.69) is 10.6 Å². The molecule has 1 saturated heterocycles. The zero-order chi connectivity index (χ0) is 14.7. The normalized spacial score (nSPS) is 15.0. The van der Waals surface area contributed by atoms with E-state index in [1.807, 2.05) is 13.0 Å². The van der Waals surface area contributed by atoms with Gasteiger partial charge >= 0.3 is 12.0 Å². The van der Waals surface area contributed by atoms with Crippen LogP contribution in [0.3, 0.4) is 0 Å². The SMILES string of the molecule is Cc1cc(C)c(NC(=O)N2CCNCC2)c(C(=O)O)c1. The van der Waals surface area contributed by atoms with E-state index in [-0.39, 0.29) is 11.6 Å². The van der Waals surface area contributed by atoms with E-state index in [9.17, 15) is 14.7 Å². The van der Waals surface area contributed by atoms with E-state index in [0.717, 1.165) is 24.2 Å². The molecule has 0 atom stereocenters. The quantitative estimate of drug-likeness (QED) is 0.764. The van der Waals surface area contributed by atoms with Crippen LogP contribution in [0.25, 0.3) is 0 Å². The molecule has 1 aromatic carbocycles.